The van der Waals surface area contributed by atoms with Crippen LogP contribution < -0.4 is 5.32 Å². The number of piperazine rings is 1. The summed E-state index contributed by atoms with van der Waals surface area (Å²) in [4.78, 5) is 16.4. The van der Waals surface area contributed by atoms with Crippen LogP contribution in [0.5, 0.6) is 0 Å². The lowest BCUT2D eigenvalue weighted by Crippen LogP contribution is -2.49. The minimum absolute atomic E-state index is 0.0300. The van der Waals surface area contributed by atoms with Gasteiger partial charge in [0.25, 0.3) is 0 Å². The predicted molar refractivity (Wildman–Crippen MR) is 87.0 cm³/mol. The van der Waals surface area contributed by atoms with Gasteiger partial charge in [0.15, 0.2) is 0 Å². The van der Waals surface area contributed by atoms with Gasteiger partial charge >= 0.3 is 6.03 Å². The minimum atomic E-state index is -0.0300. The van der Waals surface area contributed by atoms with Gasteiger partial charge in [-0.2, -0.15) is 0 Å². The molecule has 6 nitrogen and oxygen atoms in total. The average molecular weight is 317 g/mol. The summed E-state index contributed by atoms with van der Waals surface area (Å²) in [5.74, 6) is 0. The van der Waals surface area contributed by atoms with Gasteiger partial charge in [0.05, 0.1) is 6.54 Å². The first-order chi connectivity index (χ1) is 10.7. The lowest BCUT2D eigenvalue weighted by atomic mass is 10.3. The first-order valence-electron chi connectivity index (χ1n) is 7.33. The second-order valence-electron chi connectivity index (χ2n) is 5.27. The number of urea groups is 1. The number of carbonyl (C=O) groups is 1. The van der Waals surface area contributed by atoms with Gasteiger partial charge in [-0.15, -0.1) is 21.5 Å². The fourth-order valence-electron chi connectivity index (χ4n) is 2.43. The number of nitrogens with zero attached hydrogens (tertiary/aromatic N) is 4. The summed E-state index contributed by atoms with van der Waals surface area (Å²) >= 11 is 1.63. The third kappa shape index (κ3) is 3.80. The second-order valence-corrected chi connectivity index (χ2v) is 6.54. The van der Waals surface area contributed by atoms with Crippen LogP contribution in [0.25, 0.3) is 0 Å². The summed E-state index contributed by atoms with van der Waals surface area (Å²) in [5, 5.41) is 13.2. The van der Waals surface area contributed by atoms with Gasteiger partial charge in [-0.05, 0) is 19.1 Å². The van der Waals surface area contributed by atoms with Crippen molar-refractivity contribution in [3.63, 3.8) is 0 Å². The maximum absolute atomic E-state index is 12.2. The van der Waals surface area contributed by atoms with E-state index in [2.05, 4.69) is 20.4 Å². The zero-order chi connectivity index (χ0) is 15.4. The molecule has 116 valence electrons. The van der Waals surface area contributed by atoms with Crippen LogP contribution in [-0.2, 0) is 6.54 Å². The summed E-state index contributed by atoms with van der Waals surface area (Å²) in [6, 6.07) is 9.52. The number of amides is 2. The molecule has 0 saturated carbocycles. The molecule has 3 rings (SSSR count). The van der Waals surface area contributed by atoms with Crippen LogP contribution in [0.3, 0.4) is 0 Å². The molecule has 0 unspecified atom stereocenters. The van der Waals surface area contributed by atoms with Crippen molar-refractivity contribution in [1.29, 1.82) is 0 Å². The number of rotatable bonds is 3. The zero-order valence-electron chi connectivity index (χ0n) is 12.5. The van der Waals surface area contributed by atoms with Crippen LogP contribution in [0, 0.1) is 6.92 Å². The monoisotopic (exact) mass is 317 g/mol. The van der Waals surface area contributed by atoms with Crippen molar-refractivity contribution in [2.24, 2.45) is 0 Å². The van der Waals surface area contributed by atoms with Crippen LogP contribution in [0.1, 0.15) is 10.0 Å². The summed E-state index contributed by atoms with van der Waals surface area (Å²) in [6.07, 6.45) is 0. The van der Waals surface area contributed by atoms with Crippen LogP contribution in [-0.4, -0.2) is 52.2 Å². The summed E-state index contributed by atoms with van der Waals surface area (Å²) in [6.45, 7) is 5.97. The van der Waals surface area contributed by atoms with Gasteiger partial charge < -0.3 is 10.2 Å². The van der Waals surface area contributed by atoms with E-state index in [0.717, 1.165) is 48.4 Å². The molecule has 22 heavy (non-hydrogen) atoms. The molecule has 0 aliphatic carbocycles. The highest BCUT2D eigenvalue weighted by Crippen LogP contribution is 2.13. The molecule has 0 radical (unpaired) electrons. The minimum Gasteiger partial charge on any atom is -0.322 e. The van der Waals surface area contributed by atoms with E-state index in [4.69, 9.17) is 0 Å². The molecule has 1 aromatic heterocycles. The molecular weight excluding hydrogens is 298 g/mol. The van der Waals surface area contributed by atoms with Gasteiger partial charge in [-0.3, -0.25) is 4.90 Å². The van der Waals surface area contributed by atoms with Crippen molar-refractivity contribution in [2.45, 2.75) is 13.5 Å². The van der Waals surface area contributed by atoms with Gasteiger partial charge in [-0.25, -0.2) is 4.79 Å². The van der Waals surface area contributed by atoms with E-state index in [1.54, 1.807) is 11.3 Å². The predicted octanol–water partition coefficient (Wildman–Crippen LogP) is 2.20. The molecule has 0 atom stereocenters. The Labute approximate surface area is 133 Å². The molecule has 1 aromatic carbocycles. The van der Waals surface area contributed by atoms with Gasteiger partial charge in [0, 0.05) is 31.9 Å². The highest BCUT2D eigenvalue weighted by Gasteiger charge is 2.21. The molecule has 0 spiro atoms. The Kier molecular flexibility index (Phi) is 4.65. The number of aromatic nitrogens is 2. The SMILES string of the molecule is Cc1nnc(CN2CCN(C(=O)Nc3ccccc3)CC2)s1. The fraction of sp³-hybridized carbons (Fsp3) is 0.400. The molecule has 1 saturated heterocycles. The van der Waals surface area contributed by atoms with Crippen LogP contribution >= 0.6 is 11.3 Å². The Balaban J connectivity index is 1.48. The van der Waals surface area contributed by atoms with E-state index in [9.17, 15) is 4.79 Å². The van der Waals surface area contributed by atoms with E-state index < -0.39 is 0 Å². The number of carbonyl (C=O) groups excluding carboxylic acids is 1. The molecule has 1 N–H and O–H groups in total. The number of anilines is 1. The third-order valence-corrected chi connectivity index (χ3v) is 4.43. The fourth-order valence-corrected chi connectivity index (χ4v) is 3.18. The summed E-state index contributed by atoms with van der Waals surface area (Å²) in [7, 11) is 0. The number of para-hydroxylation sites is 1. The molecule has 2 amide bonds. The van der Waals surface area contributed by atoms with Crippen molar-refractivity contribution in [2.75, 3.05) is 31.5 Å². The molecule has 2 heterocycles. The molecule has 0 bridgehead atoms. The quantitative estimate of drug-likeness (QED) is 0.943. The topological polar surface area (TPSA) is 61.4 Å². The van der Waals surface area contributed by atoms with E-state index >= 15 is 0 Å². The molecule has 1 fully saturated rings. The Morgan fingerprint density at radius 1 is 1.18 bits per heavy atom. The summed E-state index contributed by atoms with van der Waals surface area (Å²) < 4.78 is 0. The molecule has 7 heteroatoms. The van der Waals surface area contributed by atoms with Crippen molar-refractivity contribution < 1.29 is 4.79 Å². The maximum atomic E-state index is 12.2. The first-order valence-corrected chi connectivity index (χ1v) is 8.15. The van der Waals surface area contributed by atoms with Crippen LogP contribution in [0.4, 0.5) is 10.5 Å². The van der Waals surface area contributed by atoms with Gasteiger partial charge in [0.1, 0.15) is 10.0 Å². The van der Waals surface area contributed by atoms with E-state index in [0.29, 0.717) is 0 Å². The molecule has 1 aliphatic rings. The van der Waals surface area contributed by atoms with E-state index in [1.165, 1.54) is 0 Å². The average Bonchev–Trinajstić information content (AvgIpc) is 2.94. The Morgan fingerprint density at radius 3 is 2.55 bits per heavy atom. The van der Waals surface area contributed by atoms with Crippen molar-refractivity contribution in [3.8, 4) is 0 Å². The van der Waals surface area contributed by atoms with Crippen molar-refractivity contribution in [1.82, 2.24) is 20.0 Å². The van der Waals surface area contributed by atoms with Gasteiger partial charge in [-0.1, -0.05) is 18.2 Å². The van der Waals surface area contributed by atoms with E-state index in [-0.39, 0.29) is 6.03 Å². The van der Waals surface area contributed by atoms with Crippen molar-refractivity contribution in [3.05, 3.63) is 40.3 Å². The number of hydrogen-bond acceptors (Lipinski definition) is 5. The lowest BCUT2D eigenvalue weighted by Gasteiger charge is -2.34. The lowest BCUT2D eigenvalue weighted by molar-refractivity contribution is 0.142. The maximum Gasteiger partial charge on any atom is 0.321 e. The highest BCUT2D eigenvalue weighted by molar-refractivity contribution is 7.11. The standard InChI is InChI=1S/C15H19N5OS/c1-12-17-18-14(22-12)11-19-7-9-20(10-8-19)15(21)16-13-5-3-2-4-6-13/h2-6H,7-11H2,1H3,(H,16,21). The highest BCUT2D eigenvalue weighted by atomic mass is 32.1. The summed E-state index contributed by atoms with van der Waals surface area (Å²) in [5.41, 5.74) is 0.833. The molecule has 2 aromatic rings. The van der Waals surface area contributed by atoms with Gasteiger partial charge in [0.2, 0.25) is 0 Å². The number of hydrogen-bond donors (Lipinski definition) is 1. The van der Waals surface area contributed by atoms with Crippen molar-refractivity contribution >= 4 is 23.1 Å². The smallest absolute Gasteiger partial charge is 0.321 e. The van der Waals surface area contributed by atoms with Crippen LogP contribution in [0.2, 0.25) is 0 Å². The molecule has 1 aliphatic heterocycles. The number of benzene rings is 1. The molecular formula is C15H19N5OS. The first kappa shape index (κ1) is 14.9. The third-order valence-electron chi connectivity index (χ3n) is 3.61. The number of aryl methyl sites for hydroxylation is 1. The van der Waals surface area contributed by atoms with E-state index in [1.807, 2.05) is 42.2 Å². The Morgan fingerprint density at radius 2 is 1.91 bits per heavy atom. The Bertz CT molecular complexity index is 622. The zero-order valence-corrected chi connectivity index (χ0v) is 13.3. The largest absolute Gasteiger partial charge is 0.322 e. The Hall–Kier alpha value is -1.99. The number of nitrogens with one attached hydrogen (secondary N) is 1. The van der Waals surface area contributed by atoms with Crippen LogP contribution in [0.15, 0.2) is 30.3 Å². The second kappa shape index (κ2) is 6.85. The normalized spacial score (nSPS) is 15.8.